The third-order valence-electron chi connectivity index (χ3n) is 1.88. The van der Waals surface area contributed by atoms with Gasteiger partial charge in [-0.25, -0.2) is 26.3 Å². The summed E-state index contributed by atoms with van der Waals surface area (Å²) in [5.41, 5.74) is 0. The molecule has 0 saturated heterocycles. The lowest BCUT2D eigenvalue weighted by atomic mass is 10.1. The molecule has 1 nitrogen and oxygen atoms in total. The normalized spacial score (nSPS) is 16.0. The van der Waals surface area contributed by atoms with Crippen LogP contribution in [0.1, 0.15) is 19.8 Å². The Morgan fingerprint density at radius 1 is 1.24 bits per heavy atom. The van der Waals surface area contributed by atoms with Gasteiger partial charge in [-0.2, -0.15) is 0 Å². The largest absolute Gasteiger partial charge is 0.288 e. The minimum Gasteiger partial charge on any atom is -0.288 e. The zero-order chi connectivity index (χ0) is 13.6. The zero-order valence-corrected chi connectivity index (χ0v) is 9.75. The van der Waals surface area contributed by atoms with Crippen LogP contribution in [-0.2, 0) is 4.79 Å². The molecule has 0 aromatic rings. The number of carbonyl (C=O) groups excluding carboxylic acids is 1. The maximum Gasteiger partial charge on any atom is 0.281 e. The minimum atomic E-state index is -4.15. The Balaban J connectivity index is 4.13. The molecule has 0 rings (SSSR count). The molecule has 0 aliphatic heterocycles. The van der Waals surface area contributed by atoms with E-state index in [-0.39, 0.29) is 17.3 Å². The van der Waals surface area contributed by atoms with Crippen molar-refractivity contribution in [1.82, 2.24) is 0 Å². The number of alkyl halides is 6. The van der Waals surface area contributed by atoms with E-state index in [1.54, 1.807) is 0 Å². The fraction of sp³-hybridized carbons (Fsp3) is 0.889. The molecular weight excluding hydrogens is 270 g/mol. The van der Waals surface area contributed by atoms with Crippen molar-refractivity contribution in [3.05, 3.63) is 0 Å². The third-order valence-corrected chi connectivity index (χ3v) is 2.78. The van der Waals surface area contributed by atoms with Crippen LogP contribution in [0.25, 0.3) is 0 Å². The number of thioether (sulfide) groups is 1. The highest BCUT2D eigenvalue weighted by atomic mass is 32.2. The van der Waals surface area contributed by atoms with E-state index >= 15 is 0 Å². The zero-order valence-electron chi connectivity index (χ0n) is 8.94. The van der Waals surface area contributed by atoms with Gasteiger partial charge in [0.15, 0.2) is 17.5 Å². The molecule has 0 N–H and O–H groups in total. The van der Waals surface area contributed by atoms with Crippen LogP contribution in [0.5, 0.6) is 0 Å². The van der Waals surface area contributed by atoms with E-state index in [2.05, 4.69) is 0 Å². The molecule has 0 fully saturated rings. The van der Waals surface area contributed by atoms with E-state index in [1.165, 1.54) is 6.92 Å². The van der Waals surface area contributed by atoms with Crippen LogP contribution in [0, 0.1) is 0 Å². The lowest BCUT2D eigenvalue weighted by Gasteiger charge is -2.22. The summed E-state index contributed by atoms with van der Waals surface area (Å²) in [6.45, 7) is 1.23. The highest BCUT2D eigenvalue weighted by molar-refractivity contribution is 8.13. The van der Waals surface area contributed by atoms with Crippen LogP contribution in [0.2, 0.25) is 0 Å². The molecule has 0 amide bonds. The summed E-state index contributed by atoms with van der Waals surface area (Å²) >= 11 is 0.762. The van der Waals surface area contributed by atoms with E-state index in [1.807, 2.05) is 0 Å². The van der Waals surface area contributed by atoms with Crippen molar-refractivity contribution in [2.75, 3.05) is 5.75 Å². The van der Waals surface area contributed by atoms with E-state index in [4.69, 9.17) is 0 Å². The SMILES string of the molecule is CC(=O)SCCCC(F)(F)C(F)C(F)C(F)F. The quantitative estimate of drug-likeness (QED) is 0.524. The lowest BCUT2D eigenvalue weighted by molar-refractivity contribution is -0.131. The molecule has 0 bridgehead atoms. The molecule has 8 heteroatoms. The molecule has 0 heterocycles. The van der Waals surface area contributed by atoms with E-state index in [9.17, 15) is 31.1 Å². The first-order chi connectivity index (χ1) is 7.68. The molecule has 0 spiro atoms. The van der Waals surface area contributed by atoms with Gasteiger partial charge in [0.25, 0.3) is 12.3 Å². The smallest absolute Gasteiger partial charge is 0.281 e. The maximum absolute atomic E-state index is 12.9. The summed E-state index contributed by atoms with van der Waals surface area (Å²) in [7, 11) is 0. The van der Waals surface area contributed by atoms with Crippen molar-refractivity contribution in [2.45, 2.75) is 44.5 Å². The first kappa shape index (κ1) is 16.6. The lowest BCUT2D eigenvalue weighted by Crippen LogP contribution is -2.40. The van der Waals surface area contributed by atoms with Crippen molar-refractivity contribution in [1.29, 1.82) is 0 Å². The van der Waals surface area contributed by atoms with Crippen LogP contribution in [-0.4, -0.2) is 35.6 Å². The van der Waals surface area contributed by atoms with Crippen molar-refractivity contribution in [3.63, 3.8) is 0 Å². The predicted octanol–water partition coefficient (Wildman–Crippen LogP) is 3.62. The average Bonchev–Trinajstić information content (AvgIpc) is 2.21. The summed E-state index contributed by atoms with van der Waals surface area (Å²) in [6, 6.07) is 0. The number of hydrogen-bond donors (Lipinski definition) is 0. The molecule has 0 aliphatic carbocycles. The number of halogens is 6. The second kappa shape index (κ2) is 7.13. The van der Waals surface area contributed by atoms with Crippen molar-refractivity contribution in [3.8, 4) is 0 Å². The molecule has 0 aliphatic rings. The molecular formula is C9H12F6OS. The van der Waals surface area contributed by atoms with E-state index in [0.717, 1.165) is 11.8 Å². The summed E-state index contributed by atoms with van der Waals surface area (Å²) in [4.78, 5) is 10.4. The van der Waals surface area contributed by atoms with Crippen molar-refractivity contribution in [2.24, 2.45) is 0 Å². The summed E-state index contributed by atoms with van der Waals surface area (Å²) < 4.78 is 74.4. The first-order valence-electron chi connectivity index (χ1n) is 4.76. The van der Waals surface area contributed by atoms with Gasteiger partial charge in [0.05, 0.1) is 0 Å². The van der Waals surface area contributed by atoms with Crippen LogP contribution >= 0.6 is 11.8 Å². The molecule has 0 saturated carbocycles. The van der Waals surface area contributed by atoms with Crippen LogP contribution in [0.15, 0.2) is 0 Å². The summed E-state index contributed by atoms with van der Waals surface area (Å²) in [6.07, 6.45) is -12.1. The molecule has 0 aromatic heterocycles. The Kier molecular flexibility index (Phi) is 6.96. The van der Waals surface area contributed by atoms with Gasteiger partial charge < -0.3 is 0 Å². The first-order valence-corrected chi connectivity index (χ1v) is 5.74. The second-order valence-corrected chi connectivity index (χ2v) is 4.66. The Morgan fingerprint density at radius 3 is 2.18 bits per heavy atom. The van der Waals surface area contributed by atoms with Gasteiger partial charge in [0, 0.05) is 19.1 Å². The van der Waals surface area contributed by atoms with Gasteiger partial charge in [-0.05, 0) is 6.42 Å². The van der Waals surface area contributed by atoms with Crippen molar-refractivity contribution < 1.29 is 31.1 Å². The highest BCUT2D eigenvalue weighted by Gasteiger charge is 2.48. The predicted molar refractivity (Wildman–Crippen MR) is 53.1 cm³/mol. The van der Waals surface area contributed by atoms with Gasteiger partial charge >= 0.3 is 0 Å². The van der Waals surface area contributed by atoms with Crippen LogP contribution in [0.3, 0.4) is 0 Å². The van der Waals surface area contributed by atoms with Gasteiger partial charge in [-0.3, -0.25) is 4.79 Å². The minimum absolute atomic E-state index is 0.0171. The Hall–Kier alpha value is -0.400. The Bertz CT molecular complexity index is 248. The topological polar surface area (TPSA) is 17.1 Å². The van der Waals surface area contributed by atoms with E-state index in [0.29, 0.717) is 0 Å². The van der Waals surface area contributed by atoms with Crippen LogP contribution in [0.4, 0.5) is 26.3 Å². The number of carbonyl (C=O) groups is 1. The molecule has 0 aromatic carbocycles. The van der Waals surface area contributed by atoms with Gasteiger partial charge in [0.1, 0.15) is 0 Å². The highest BCUT2D eigenvalue weighted by Crippen LogP contribution is 2.32. The fourth-order valence-corrected chi connectivity index (χ4v) is 1.60. The number of hydrogen-bond acceptors (Lipinski definition) is 2. The molecule has 0 radical (unpaired) electrons. The van der Waals surface area contributed by atoms with Gasteiger partial charge in [-0.1, -0.05) is 11.8 Å². The van der Waals surface area contributed by atoms with Crippen molar-refractivity contribution >= 4 is 16.9 Å². The number of rotatable bonds is 7. The average molecular weight is 282 g/mol. The Morgan fingerprint density at radius 2 is 1.76 bits per heavy atom. The fourth-order valence-electron chi connectivity index (χ4n) is 1.02. The summed E-state index contributed by atoms with van der Waals surface area (Å²) in [5, 5.41) is -0.291. The molecule has 17 heavy (non-hydrogen) atoms. The molecule has 2 unspecified atom stereocenters. The maximum atomic E-state index is 12.9. The Labute approximate surface area is 98.9 Å². The monoisotopic (exact) mass is 282 g/mol. The van der Waals surface area contributed by atoms with Crippen LogP contribution < -0.4 is 0 Å². The third kappa shape index (κ3) is 6.18. The summed E-state index contributed by atoms with van der Waals surface area (Å²) in [5.74, 6) is -4.13. The molecule has 2 atom stereocenters. The molecule has 102 valence electrons. The second-order valence-electron chi connectivity index (χ2n) is 3.39. The van der Waals surface area contributed by atoms with Gasteiger partial charge in [0.2, 0.25) is 0 Å². The van der Waals surface area contributed by atoms with Gasteiger partial charge in [-0.15, -0.1) is 0 Å². The van der Waals surface area contributed by atoms with E-state index < -0.39 is 31.1 Å². The standard InChI is InChI=1S/C9H12F6OS/c1-5(16)17-4-2-3-9(14,15)7(11)6(10)8(12)13/h6-8H,2-4H2,1H3.